The van der Waals surface area contributed by atoms with E-state index in [-0.39, 0.29) is 8.80 Å². The van der Waals surface area contributed by atoms with E-state index in [4.69, 9.17) is 0 Å². The number of hydrogen-bond acceptors (Lipinski definition) is 0. The quantitative estimate of drug-likeness (QED) is 0.532. The van der Waals surface area contributed by atoms with Gasteiger partial charge in [-0.3, -0.25) is 0 Å². The van der Waals surface area contributed by atoms with E-state index in [1.807, 2.05) is 0 Å². The lowest BCUT2D eigenvalue weighted by Crippen LogP contribution is -2.17. The van der Waals surface area contributed by atoms with Crippen LogP contribution in [0, 0.1) is 0 Å². The smallest absolute Gasteiger partial charge is 0.0503 e. The van der Waals surface area contributed by atoms with E-state index in [2.05, 4.69) is 34.2 Å². The largest absolute Gasteiger partial charge is 0.0707 e. The highest BCUT2D eigenvalue weighted by molar-refractivity contribution is 6.60. The van der Waals surface area contributed by atoms with Crippen molar-refractivity contribution in [2.75, 3.05) is 0 Å². The molecule has 0 aromatic heterocycles. The molecule has 0 nitrogen and oxygen atoms in total. The fourth-order valence-electron chi connectivity index (χ4n) is 0.891. The lowest BCUT2D eigenvalue weighted by atomic mass is 10.4. The first-order chi connectivity index (χ1) is 4.09. The van der Waals surface area contributed by atoms with Gasteiger partial charge in [-0.2, -0.15) is 0 Å². The first-order valence-electron chi connectivity index (χ1n) is 3.92. The molecule has 0 rings (SSSR count). The summed E-state index contributed by atoms with van der Waals surface area (Å²) < 4.78 is 0. The maximum atomic E-state index is 2.45. The van der Waals surface area contributed by atoms with E-state index in [9.17, 15) is 0 Å². The Balaban J connectivity index is 3.58. The molecule has 1 heteroatoms. The van der Waals surface area contributed by atoms with Crippen LogP contribution in [-0.4, -0.2) is 8.80 Å². The lowest BCUT2D eigenvalue weighted by Gasteiger charge is -2.19. The van der Waals surface area contributed by atoms with Crippen molar-refractivity contribution in [1.29, 1.82) is 0 Å². The summed E-state index contributed by atoms with van der Waals surface area (Å²) in [6.07, 6.45) is 1.36. The molecule has 1 atom stereocenters. The van der Waals surface area contributed by atoms with Crippen LogP contribution in [-0.2, 0) is 0 Å². The molecule has 0 aromatic rings. The van der Waals surface area contributed by atoms with E-state index in [1.165, 1.54) is 6.42 Å². The van der Waals surface area contributed by atoms with Crippen molar-refractivity contribution in [2.24, 2.45) is 0 Å². The van der Waals surface area contributed by atoms with Crippen LogP contribution >= 0.6 is 0 Å². The fourth-order valence-corrected chi connectivity index (χ4v) is 2.67. The Morgan fingerprint density at radius 3 is 1.78 bits per heavy atom. The summed E-state index contributed by atoms with van der Waals surface area (Å²) in [5.74, 6) is 0. The maximum Gasteiger partial charge on any atom is 0.0503 e. The predicted octanol–water partition coefficient (Wildman–Crippen LogP) is 3.32. The van der Waals surface area contributed by atoms with Crippen LogP contribution in [0.5, 0.6) is 0 Å². The van der Waals surface area contributed by atoms with Crippen LogP contribution < -0.4 is 0 Å². The van der Waals surface area contributed by atoms with Gasteiger partial charge >= 0.3 is 0 Å². The Bertz CT molecular complexity index is 69.0. The maximum absolute atomic E-state index is 2.45. The van der Waals surface area contributed by atoms with Crippen molar-refractivity contribution in [3.05, 3.63) is 0 Å². The van der Waals surface area contributed by atoms with E-state index in [0.29, 0.717) is 0 Å². The summed E-state index contributed by atoms with van der Waals surface area (Å²) in [4.78, 5) is 0. The van der Waals surface area contributed by atoms with Crippen molar-refractivity contribution in [3.63, 3.8) is 0 Å². The Labute approximate surface area is 61.3 Å². The van der Waals surface area contributed by atoms with E-state index < -0.39 is 0 Å². The first-order valence-corrected chi connectivity index (χ1v) is 6.08. The average molecular weight is 143 g/mol. The molecule has 0 aromatic carbocycles. The minimum atomic E-state index is -0.0352. The highest BCUT2D eigenvalue weighted by Crippen LogP contribution is 2.22. The molecule has 0 heterocycles. The summed E-state index contributed by atoms with van der Waals surface area (Å²) in [5, 5.41) is 0. The standard InChI is InChI=1S/C8H19Si/c1-6-8(4)9(5)7(2)3/h7-8H,6H2,1-5H3. The second-order valence-electron chi connectivity index (χ2n) is 3.21. The SMILES string of the molecule is CCC(C)[Si](C)C(C)C. The predicted molar refractivity (Wildman–Crippen MR) is 46.4 cm³/mol. The zero-order valence-corrected chi connectivity index (χ0v) is 8.36. The zero-order chi connectivity index (χ0) is 7.44. The molecule has 0 bridgehead atoms. The Morgan fingerprint density at radius 1 is 1.22 bits per heavy atom. The molecule has 0 saturated heterocycles. The summed E-state index contributed by atoms with van der Waals surface area (Å²) in [7, 11) is -0.0352. The highest BCUT2D eigenvalue weighted by atomic mass is 28.3. The molecule has 0 N–H and O–H groups in total. The molecular formula is C8H19Si. The van der Waals surface area contributed by atoms with Gasteiger partial charge in [0.1, 0.15) is 0 Å². The molecule has 1 unspecified atom stereocenters. The monoisotopic (exact) mass is 143 g/mol. The van der Waals surface area contributed by atoms with Crippen LogP contribution in [0.4, 0.5) is 0 Å². The van der Waals surface area contributed by atoms with Crippen molar-refractivity contribution < 1.29 is 0 Å². The van der Waals surface area contributed by atoms with Gasteiger partial charge in [0.25, 0.3) is 0 Å². The summed E-state index contributed by atoms with van der Waals surface area (Å²) in [6, 6.07) is 0. The Morgan fingerprint density at radius 2 is 1.67 bits per heavy atom. The molecule has 0 aliphatic carbocycles. The fraction of sp³-hybridized carbons (Fsp3) is 1.00. The summed E-state index contributed by atoms with van der Waals surface area (Å²) in [6.45, 7) is 11.8. The van der Waals surface area contributed by atoms with Gasteiger partial charge in [0.2, 0.25) is 0 Å². The zero-order valence-electron chi connectivity index (χ0n) is 7.36. The first kappa shape index (κ1) is 9.22. The van der Waals surface area contributed by atoms with Crippen LogP contribution in [0.15, 0.2) is 0 Å². The molecule has 55 valence electrons. The third-order valence-corrected chi connectivity index (χ3v) is 6.08. The van der Waals surface area contributed by atoms with Crippen molar-refractivity contribution >= 4 is 8.80 Å². The van der Waals surface area contributed by atoms with Gasteiger partial charge in [-0.15, -0.1) is 0 Å². The average Bonchev–Trinajstić information content (AvgIpc) is 1.84. The summed E-state index contributed by atoms with van der Waals surface area (Å²) >= 11 is 0. The second-order valence-corrected chi connectivity index (χ2v) is 6.84. The van der Waals surface area contributed by atoms with Crippen molar-refractivity contribution in [1.82, 2.24) is 0 Å². The van der Waals surface area contributed by atoms with Gasteiger partial charge < -0.3 is 0 Å². The number of hydrogen-bond donors (Lipinski definition) is 0. The molecule has 1 radical (unpaired) electrons. The van der Waals surface area contributed by atoms with Gasteiger partial charge in [0, 0.05) is 0 Å². The van der Waals surface area contributed by atoms with Crippen LogP contribution in [0.25, 0.3) is 0 Å². The second kappa shape index (κ2) is 4.10. The van der Waals surface area contributed by atoms with E-state index in [1.54, 1.807) is 0 Å². The van der Waals surface area contributed by atoms with E-state index in [0.717, 1.165) is 11.1 Å². The molecule has 0 saturated carbocycles. The molecule has 0 aliphatic rings. The molecule has 0 aliphatic heterocycles. The van der Waals surface area contributed by atoms with Gasteiger partial charge in [0.05, 0.1) is 8.80 Å². The van der Waals surface area contributed by atoms with Crippen LogP contribution in [0.1, 0.15) is 34.1 Å². The Hall–Kier alpha value is 0.217. The topological polar surface area (TPSA) is 0 Å². The van der Waals surface area contributed by atoms with Crippen molar-refractivity contribution in [3.8, 4) is 0 Å². The van der Waals surface area contributed by atoms with Crippen LogP contribution in [0.2, 0.25) is 17.6 Å². The van der Waals surface area contributed by atoms with Gasteiger partial charge in [-0.1, -0.05) is 51.7 Å². The number of rotatable bonds is 3. The molecule has 0 spiro atoms. The van der Waals surface area contributed by atoms with Gasteiger partial charge in [-0.05, 0) is 0 Å². The summed E-state index contributed by atoms with van der Waals surface area (Å²) in [5.41, 5.74) is 1.94. The molecule has 0 amide bonds. The van der Waals surface area contributed by atoms with Gasteiger partial charge in [0.15, 0.2) is 0 Å². The third-order valence-electron chi connectivity index (χ3n) is 2.30. The highest BCUT2D eigenvalue weighted by Gasteiger charge is 2.14. The minimum absolute atomic E-state index is 0.0352. The molecule has 9 heavy (non-hydrogen) atoms. The third kappa shape index (κ3) is 3.04. The lowest BCUT2D eigenvalue weighted by molar-refractivity contribution is 0.827. The van der Waals surface area contributed by atoms with E-state index >= 15 is 0 Å². The minimum Gasteiger partial charge on any atom is -0.0707 e. The van der Waals surface area contributed by atoms with Crippen LogP contribution in [0.3, 0.4) is 0 Å². The van der Waals surface area contributed by atoms with Crippen molar-refractivity contribution in [2.45, 2.75) is 51.7 Å². The molecule has 0 fully saturated rings. The normalized spacial score (nSPS) is 15.0. The Kier molecular flexibility index (Phi) is 4.20. The van der Waals surface area contributed by atoms with Gasteiger partial charge in [-0.25, -0.2) is 0 Å². The molecular weight excluding hydrogens is 124 g/mol.